The van der Waals surface area contributed by atoms with Gasteiger partial charge in [-0.25, -0.2) is 4.98 Å². The molecule has 2 aromatic heterocycles. The monoisotopic (exact) mass is 421 g/mol. The van der Waals surface area contributed by atoms with Crippen LogP contribution in [0, 0.1) is 0 Å². The fourth-order valence-electron chi connectivity index (χ4n) is 4.40. The molecular formula is C28H27N3O. The summed E-state index contributed by atoms with van der Waals surface area (Å²) in [7, 11) is 3.73. The number of aryl methyl sites for hydroxylation is 1. The maximum absolute atomic E-state index is 5.66. The topological polar surface area (TPSA) is 39.1 Å². The van der Waals surface area contributed by atoms with Crippen LogP contribution in [0.5, 0.6) is 5.75 Å². The summed E-state index contributed by atoms with van der Waals surface area (Å²) in [6.45, 7) is 2.99. The SMILES string of the molecule is COc1ccc(CN[C@H](C)c2cccc3ccccc23)cc1-c1cnc2c(ccn2C)c1. The number of rotatable bonds is 6. The van der Waals surface area contributed by atoms with Crippen LogP contribution in [0.1, 0.15) is 24.1 Å². The first kappa shape index (κ1) is 20.3. The molecule has 5 rings (SSSR count). The summed E-state index contributed by atoms with van der Waals surface area (Å²) in [5.41, 5.74) is 5.62. The van der Waals surface area contributed by atoms with E-state index in [9.17, 15) is 0 Å². The Kier molecular flexibility index (Phi) is 5.38. The molecule has 0 aliphatic rings. The molecule has 3 aromatic carbocycles. The predicted octanol–water partition coefficient (Wildman–Crippen LogP) is 6.25. The maximum Gasteiger partial charge on any atom is 0.139 e. The fraction of sp³-hybridized carbons (Fsp3) is 0.179. The molecule has 1 N–H and O–H groups in total. The van der Waals surface area contributed by atoms with Crippen molar-refractivity contribution in [2.45, 2.75) is 19.5 Å². The minimum atomic E-state index is 0.231. The molecule has 0 fully saturated rings. The smallest absolute Gasteiger partial charge is 0.139 e. The number of nitrogens with one attached hydrogen (secondary N) is 1. The fourth-order valence-corrected chi connectivity index (χ4v) is 4.40. The Morgan fingerprint density at radius 1 is 0.969 bits per heavy atom. The van der Waals surface area contributed by atoms with Crippen molar-refractivity contribution in [3.63, 3.8) is 0 Å². The molecule has 0 amide bonds. The third-order valence-corrected chi connectivity index (χ3v) is 6.18. The summed E-state index contributed by atoms with van der Waals surface area (Å²) < 4.78 is 7.69. The number of hydrogen-bond acceptors (Lipinski definition) is 3. The second-order valence-corrected chi connectivity index (χ2v) is 8.27. The molecule has 0 radical (unpaired) electrons. The number of fused-ring (bicyclic) bond motifs is 2. The summed E-state index contributed by atoms with van der Waals surface area (Å²) in [5.74, 6) is 0.855. The van der Waals surface area contributed by atoms with Gasteiger partial charge >= 0.3 is 0 Å². The highest BCUT2D eigenvalue weighted by atomic mass is 16.5. The number of nitrogens with zero attached hydrogens (tertiary/aromatic N) is 2. The van der Waals surface area contributed by atoms with Crippen molar-refractivity contribution in [2.24, 2.45) is 7.05 Å². The molecule has 4 heteroatoms. The zero-order chi connectivity index (χ0) is 22.1. The van der Waals surface area contributed by atoms with E-state index in [2.05, 4.69) is 84.0 Å². The molecule has 0 aliphatic heterocycles. The largest absolute Gasteiger partial charge is 0.496 e. The summed E-state index contributed by atoms with van der Waals surface area (Å²) in [6.07, 6.45) is 3.96. The van der Waals surface area contributed by atoms with Gasteiger partial charge in [0.15, 0.2) is 0 Å². The standard InChI is InChI=1S/C28H27N3O/c1-19(24-10-6-8-21-7-4-5-9-25(21)24)29-17-20-11-12-27(32-3)26(15-20)23-16-22-13-14-31(2)28(22)30-18-23/h4-16,18-19,29H,17H2,1-3H3/t19-/m1/s1. The first-order valence-electron chi connectivity index (χ1n) is 10.9. The highest BCUT2D eigenvalue weighted by Crippen LogP contribution is 2.32. The van der Waals surface area contributed by atoms with Crippen LogP contribution in [0.3, 0.4) is 0 Å². The number of benzene rings is 3. The van der Waals surface area contributed by atoms with Crippen LogP contribution in [0.4, 0.5) is 0 Å². The average molecular weight is 422 g/mol. The lowest BCUT2D eigenvalue weighted by Gasteiger charge is -2.18. The van der Waals surface area contributed by atoms with Crippen LogP contribution >= 0.6 is 0 Å². The molecule has 0 spiro atoms. The van der Waals surface area contributed by atoms with Crippen LogP contribution in [0.15, 0.2) is 85.2 Å². The van der Waals surface area contributed by atoms with Crippen LogP contribution in [-0.4, -0.2) is 16.7 Å². The van der Waals surface area contributed by atoms with Gasteiger partial charge in [0.05, 0.1) is 7.11 Å². The van der Waals surface area contributed by atoms with E-state index in [1.54, 1.807) is 7.11 Å². The van der Waals surface area contributed by atoms with Crippen LogP contribution in [0.2, 0.25) is 0 Å². The normalized spacial score (nSPS) is 12.3. The van der Waals surface area contributed by atoms with E-state index in [1.165, 1.54) is 21.9 Å². The Morgan fingerprint density at radius 3 is 2.69 bits per heavy atom. The molecule has 2 heterocycles. The summed E-state index contributed by atoms with van der Waals surface area (Å²) in [6, 6.07) is 25.9. The van der Waals surface area contributed by atoms with Crippen molar-refractivity contribution >= 4 is 21.8 Å². The van der Waals surface area contributed by atoms with Crippen molar-refractivity contribution in [3.05, 3.63) is 96.3 Å². The minimum Gasteiger partial charge on any atom is -0.496 e. The molecule has 0 aliphatic carbocycles. The van der Waals surface area contributed by atoms with Crippen LogP contribution in [-0.2, 0) is 13.6 Å². The molecule has 0 saturated carbocycles. The minimum absolute atomic E-state index is 0.231. The van der Waals surface area contributed by atoms with Gasteiger partial charge in [0.25, 0.3) is 0 Å². The second-order valence-electron chi connectivity index (χ2n) is 8.27. The number of methoxy groups -OCH3 is 1. The van der Waals surface area contributed by atoms with E-state index in [4.69, 9.17) is 4.74 Å². The third-order valence-electron chi connectivity index (χ3n) is 6.18. The molecule has 160 valence electrons. The first-order chi connectivity index (χ1) is 15.6. The number of hydrogen-bond donors (Lipinski definition) is 1. The van der Waals surface area contributed by atoms with E-state index in [0.29, 0.717) is 0 Å². The molecule has 5 aromatic rings. The third kappa shape index (κ3) is 3.74. The second kappa shape index (κ2) is 8.48. The zero-order valence-electron chi connectivity index (χ0n) is 18.7. The van der Waals surface area contributed by atoms with Crippen molar-refractivity contribution < 1.29 is 4.74 Å². The molecule has 0 saturated heterocycles. The van der Waals surface area contributed by atoms with Gasteiger partial charge in [-0.05, 0) is 53.1 Å². The van der Waals surface area contributed by atoms with E-state index >= 15 is 0 Å². The van der Waals surface area contributed by atoms with E-state index < -0.39 is 0 Å². The highest BCUT2D eigenvalue weighted by molar-refractivity contribution is 5.86. The van der Waals surface area contributed by atoms with Crippen molar-refractivity contribution in [2.75, 3.05) is 7.11 Å². The van der Waals surface area contributed by atoms with Gasteiger partial charge in [-0.1, -0.05) is 48.5 Å². The number of ether oxygens (including phenoxy) is 1. The lowest BCUT2D eigenvalue weighted by Crippen LogP contribution is -2.18. The van der Waals surface area contributed by atoms with Crippen molar-refractivity contribution in [3.8, 4) is 16.9 Å². The maximum atomic E-state index is 5.66. The van der Waals surface area contributed by atoms with Gasteiger partial charge in [-0.15, -0.1) is 0 Å². The quantitative estimate of drug-likeness (QED) is 0.352. The Balaban J connectivity index is 1.42. The Bertz CT molecular complexity index is 1400. The van der Waals surface area contributed by atoms with Gasteiger partial charge in [-0.3, -0.25) is 0 Å². The van der Waals surface area contributed by atoms with Gasteiger partial charge in [0.1, 0.15) is 11.4 Å². The van der Waals surface area contributed by atoms with Crippen LogP contribution < -0.4 is 10.1 Å². The average Bonchev–Trinajstić information content (AvgIpc) is 3.22. The molecule has 4 nitrogen and oxygen atoms in total. The van der Waals surface area contributed by atoms with Crippen molar-refractivity contribution in [1.29, 1.82) is 0 Å². The summed E-state index contributed by atoms with van der Waals surface area (Å²) >= 11 is 0. The van der Waals surface area contributed by atoms with Crippen LogP contribution in [0.25, 0.3) is 32.9 Å². The predicted molar refractivity (Wildman–Crippen MR) is 132 cm³/mol. The molecule has 0 unspecified atom stereocenters. The first-order valence-corrected chi connectivity index (χ1v) is 10.9. The molecule has 1 atom stereocenters. The van der Waals surface area contributed by atoms with Crippen molar-refractivity contribution in [1.82, 2.24) is 14.9 Å². The Morgan fingerprint density at radius 2 is 1.81 bits per heavy atom. The summed E-state index contributed by atoms with van der Waals surface area (Å²) in [4.78, 5) is 4.66. The molecule has 0 bridgehead atoms. The number of pyridine rings is 1. The number of aromatic nitrogens is 2. The Hall–Kier alpha value is -3.63. The van der Waals surface area contributed by atoms with Gasteiger partial charge in [0, 0.05) is 48.5 Å². The lowest BCUT2D eigenvalue weighted by atomic mass is 9.99. The Labute approximate surface area is 188 Å². The van der Waals surface area contributed by atoms with E-state index in [-0.39, 0.29) is 6.04 Å². The molecular weight excluding hydrogens is 394 g/mol. The van der Waals surface area contributed by atoms with Gasteiger partial charge in [-0.2, -0.15) is 0 Å². The van der Waals surface area contributed by atoms with E-state index in [1.807, 2.05) is 30.1 Å². The zero-order valence-corrected chi connectivity index (χ0v) is 18.7. The summed E-state index contributed by atoms with van der Waals surface area (Å²) in [5, 5.41) is 7.39. The highest BCUT2D eigenvalue weighted by Gasteiger charge is 2.12. The van der Waals surface area contributed by atoms with Gasteiger partial charge in [0.2, 0.25) is 0 Å². The lowest BCUT2D eigenvalue weighted by molar-refractivity contribution is 0.416. The van der Waals surface area contributed by atoms with Gasteiger partial charge < -0.3 is 14.6 Å². The molecule has 32 heavy (non-hydrogen) atoms. The van der Waals surface area contributed by atoms with E-state index in [0.717, 1.165) is 34.5 Å².